The van der Waals surface area contributed by atoms with Gasteiger partial charge in [0.2, 0.25) is 5.91 Å². The summed E-state index contributed by atoms with van der Waals surface area (Å²) >= 11 is 0. The van der Waals surface area contributed by atoms with Crippen LogP contribution in [0.4, 0.5) is 14.5 Å². The Kier molecular flexibility index (Phi) is 4.52. The number of nitrogens with two attached hydrogens (primary N) is 1. The van der Waals surface area contributed by atoms with E-state index in [2.05, 4.69) is 0 Å². The van der Waals surface area contributed by atoms with Crippen molar-refractivity contribution in [2.45, 2.75) is 12.5 Å². The Bertz CT molecular complexity index is 895. The lowest BCUT2D eigenvalue weighted by molar-refractivity contribution is -0.118. The van der Waals surface area contributed by atoms with Crippen LogP contribution in [0, 0.1) is 11.6 Å². The first kappa shape index (κ1) is 17.8. The second-order valence-electron chi connectivity index (χ2n) is 6.51. The van der Waals surface area contributed by atoms with Crippen LogP contribution in [0.5, 0.6) is 0 Å². The third kappa shape index (κ3) is 3.12. The molecule has 1 saturated heterocycles. The molecule has 0 aromatic heterocycles. The Hall–Kier alpha value is -2.04. The number of amides is 1. The predicted octanol–water partition coefficient (Wildman–Crippen LogP) is 2.94. The fraction of sp³-hybridized carbons (Fsp3) is 0.278. The predicted molar refractivity (Wildman–Crippen MR) is 95.8 cm³/mol. The summed E-state index contributed by atoms with van der Waals surface area (Å²) in [7, 11) is -2.68. The van der Waals surface area contributed by atoms with Gasteiger partial charge in [0.15, 0.2) is 11.6 Å². The molecule has 1 aliphatic heterocycles. The number of rotatable bonds is 3. The van der Waals surface area contributed by atoms with Crippen LogP contribution in [-0.2, 0) is 9.36 Å². The summed E-state index contributed by atoms with van der Waals surface area (Å²) in [6.45, 7) is 3.42. The van der Waals surface area contributed by atoms with E-state index in [1.165, 1.54) is 17.0 Å². The average Bonchev–Trinajstić information content (AvgIpc) is 2.89. The first-order valence-corrected chi connectivity index (χ1v) is 10.5. The quantitative estimate of drug-likeness (QED) is 0.852. The number of nitrogens with zero attached hydrogens (tertiary/aromatic N) is 1. The van der Waals surface area contributed by atoms with E-state index in [1.54, 1.807) is 37.6 Å². The Balaban J connectivity index is 2.12. The lowest BCUT2D eigenvalue weighted by Crippen LogP contribution is -2.34. The minimum Gasteiger partial charge on any atom is -0.320 e. The highest BCUT2D eigenvalue weighted by atomic mass is 31.2. The van der Waals surface area contributed by atoms with Crippen LogP contribution in [0.3, 0.4) is 0 Å². The minimum atomic E-state index is -2.68. The molecule has 1 fully saturated rings. The van der Waals surface area contributed by atoms with E-state index < -0.39 is 30.7 Å². The lowest BCUT2D eigenvalue weighted by Gasteiger charge is -2.19. The first-order chi connectivity index (χ1) is 11.7. The van der Waals surface area contributed by atoms with Crippen molar-refractivity contribution in [1.82, 2.24) is 0 Å². The summed E-state index contributed by atoms with van der Waals surface area (Å²) in [5.74, 6) is -2.58. The van der Waals surface area contributed by atoms with Crippen molar-refractivity contribution in [3.8, 4) is 11.1 Å². The molecule has 0 saturated carbocycles. The number of benzene rings is 2. The second kappa shape index (κ2) is 6.36. The van der Waals surface area contributed by atoms with Gasteiger partial charge in [0.1, 0.15) is 7.14 Å². The number of carbonyl (C=O) groups is 1. The van der Waals surface area contributed by atoms with Crippen LogP contribution in [0.15, 0.2) is 36.4 Å². The normalized spacial score (nSPS) is 18.0. The van der Waals surface area contributed by atoms with Crippen molar-refractivity contribution in [2.24, 2.45) is 5.73 Å². The third-order valence-corrected chi connectivity index (χ3v) is 5.92. The molecule has 2 N–H and O–H groups in total. The van der Waals surface area contributed by atoms with Gasteiger partial charge in [-0.2, -0.15) is 0 Å². The number of anilines is 1. The minimum absolute atomic E-state index is 0.0247. The highest BCUT2D eigenvalue weighted by Crippen LogP contribution is 2.40. The molecule has 0 spiro atoms. The molecule has 0 aliphatic carbocycles. The van der Waals surface area contributed by atoms with Gasteiger partial charge < -0.3 is 15.2 Å². The molecule has 132 valence electrons. The SMILES string of the molecule is CP(C)(=O)c1ccccc1-c1ccc(N2CCC(N)C2=O)c(F)c1F. The zero-order chi connectivity index (χ0) is 18.4. The second-order valence-corrected chi connectivity index (χ2v) is 9.70. The number of carbonyl (C=O) groups excluding carboxylic acids is 1. The van der Waals surface area contributed by atoms with E-state index in [4.69, 9.17) is 5.73 Å². The standard InChI is InChI=1S/C18H19F2N2O2P/c1-25(2,24)15-6-4-3-5-11(15)12-7-8-14(17(20)16(12)19)22-10-9-13(21)18(22)23/h3-8,13H,9-10,21H2,1-2H3. The maximum Gasteiger partial charge on any atom is 0.244 e. The molecule has 1 atom stereocenters. The lowest BCUT2D eigenvalue weighted by atomic mass is 10.0. The fourth-order valence-electron chi connectivity index (χ4n) is 3.07. The van der Waals surface area contributed by atoms with Crippen LogP contribution in [0.25, 0.3) is 11.1 Å². The number of hydrogen-bond acceptors (Lipinski definition) is 3. The van der Waals surface area contributed by atoms with E-state index in [9.17, 15) is 18.1 Å². The molecule has 1 aliphatic rings. The van der Waals surface area contributed by atoms with Crippen molar-refractivity contribution < 1.29 is 18.1 Å². The van der Waals surface area contributed by atoms with Crippen molar-refractivity contribution >= 4 is 24.0 Å². The van der Waals surface area contributed by atoms with Crippen molar-refractivity contribution in [3.63, 3.8) is 0 Å². The van der Waals surface area contributed by atoms with Crippen molar-refractivity contribution in [2.75, 3.05) is 24.8 Å². The van der Waals surface area contributed by atoms with Crippen LogP contribution in [-0.4, -0.2) is 31.8 Å². The molecule has 0 radical (unpaired) electrons. The molecule has 25 heavy (non-hydrogen) atoms. The molecule has 4 nitrogen and oxygen atoms in total. The van der Waals surface area contributed by atoms with E-state index in [0.717, 1.165) is 0 Å². The maximum absolute atomic E-state index is 14.8. The number of hydrogen-bond donors (Lipinski definition) is 1. The van der Waals surface area contributed by atoms with Gasteiger partial charge in [0.05, 0.1) is 11.7 Å². The van der Waals surface area contributed by atoms with Gasteiger partial charge >= 0.3 is 0 Å². The topological polar surface area (TPSA) is 63.4 Å². The van der Waals surface area contributed by atoms with E-state index in [1.807, 2.05) is 0 Å². The highest BCUT2D eigenvalue weighted by molar-refractivity contribution is 7.70. The Morgan fingerprint density at radius 3 is 2.36 bits per heavy atom. The maximum atomic E-state index is 14.8. The fourth-order valence-corrected chi connectivity index (χ4v) is 4.29. The van der Waals surface area contributed by atoms with Crippen molar-refractivity contribution in [3.05, 3.63) is 48.0 Å². The Morgan fingerprint density at radius 2 is 1.76 bits per heavy atom. The van der Waals surface area contributed by atoms with E-state index >= 15 is 0 Å². The van der Waals surface area contributed by atoms with Crippen LogP contribution < -0.4 is 15.9 Å². The smallest absolute Gasteiger partial charge is 0.244 e. The van der Waals surface area contributed by atoms with Crippen LogP contribution >= 0.6 is 7.14 Å². The average molecular weight is 364 g/mol. The molecule has 2 aromatic rings. The molecule has 1 unspecified atom stereocenters. The van der Waals surface area contributed by atoms with Gasteiger partial charge in [0.25, 0.3) is 0 Å². The molecule has 2 aromatic carbocycles. The monoisotopic (exact) mass is 364 g/mol. The summed E-state index contributed by atoms with van der Waals surface area (Å²) in [4.78, 5) is 13.2. The highest BCUT2D eigenvalue weighted by Gasteiger charge is 2.32. The van der Waals surface area contributed by atoms with E-state index in [0.29, 0.717) is 17.3 Å². The van der Waals surface area contributed by atoms with Gasteiger partial charge in [-0.15, -0.1) is 0 Å². The molecular formula is C18H19F2N2O2P. The molecular weight excluding hydrogens is 345 g/mol. The number of halogens is 2. The third-order valence-electron chi connectivity index (χ3n) is 4.37. The summed E-state index contributed by atoms with van der Waals surface area (Å²) in [5.41, 5.74) is 5.94. The van der Waals surface area contributed by atoms with Crippen LogP contribution in [0.2, 0.25) is 0 Å². The van der Waals surface area contributed by atoms with Gasteiger partial charge in [0, 0.05) is 17.4 Å². The van der Waals surface area contributed by atoms with Gasteiger partial charge in [-0.25, -0.2) is 8.78 Å². The van der Waals surface area contributed by atoms with Crippen LogP contribution in [0.1, 0.15) is 6.42 Å². The van der Waals surface area contributed by atoms with Gasteiger partial charge in [-0.05, 0) is 37.4 Å². The summed E-state index contributed by atoms with van der Waals surface area (Å²) in [5, 5.41) is 0.486. The summed E-state index contributed by atoms with van der Waals surface area (Å²) in [6.07, 6.45) is 0.402. The first-order valence-electron chi connectivity index (χ1n) is 7.91. The summed E-state index contributed by atoms with van der Waals surface area (Å²) in [6, 6.07) is 8.77. The molecule has 3 rings (SSSR count). The Morgan fingerprint density at radius 1 is 1.08 bits per heavy atom. The largest absolute Gasteiger partial charge is 0.320 e. The molecule has 0 bridgehead atoms. The van der Waals surface area contributed by atoms with Crippen molar-refractivity contribution in [1.29, 1.82) is 0 Å². The van der Waals surface area contributed by atoms with Gasteiger partial charge in [-0.3, -0.25) is 4.79 Å². The Labute approximate surface area is 145 Å². The molecule has 1 amide bonds. The van der Waals surface area contributed by atoms with Gasteiger partial charge in [-0.1, -0.05) is 24.3 Å². The summed E-state index contributed by atoms with van der Waals surface area (Å²) < 4.78 is 41.9. The molecule has 1 heterocycles. The molecule has 7 heteroatoms. The zero-order valence-electron chi connectivity index (χ0n) is 14.0. The van der Waals surface area contributed by atoms with E-state index in [-0.39, 0.29) is 17.8 Å². The zero-order valence-corrected chi connectivity index (χ0v) is 14.9.